The number of benzene rings is 1. The molecule has 0 heterocycles. The third-order valence-corrected chi connectivity index (χ3v) is 2.19. The van der Waals surface area contributed by atoms with E-state index in [1.807, 2.05) is 18.2 Å². The van der Waals surface area contributed by atoms with Gasteiger partial charge in [-0.25, -0.2) is 0 Å². The number of rotatable bonds is 3. The van der Waals surface area contributed by atoms with E-state index in [4.69, 9.17) is 4.74 Å². The van der Waals surface area contributed by atoms with Crippen molar-refractivity contribution in [3.05, 3.63) is 23.8 Å². The van der Waals surface area contributed by atoms with E-state index in [2.05, 4.69) is 19.2 Å². The molecule has 1 aromatic rings. The Kier molecular flexibility index (Phi) is 3.72. The zero-order valence-electron chi connectivity index (χ0n) is 9.63. The van der Waals surface area contributed by atoms with E-state index in [1.165, 1.54) is 6.92 Å². The molecule has 0 aromatic heterocycles. The summed E-state index contributed by atoms with van der Waals surface area (Å²) in [5, 5.41) is 2.81. The second-order valence-electron chi connectivity index (χ2n) is 3.79. The van der Waals surface area contributed by atoms with E-state index in [1.54, 1.807) is 7.11 Å². The first-order valence-corrected chi connectivity index (χ1v) is 5.00. The molecule has 0 saturated heterocycles. The second-order valence-corrected chi connectivity index (χ2v) is 3.79. The van der Waals surface area contributed by atoms with Crippen molar-refractivity contribution in [3.8, 4) is 5.75 Å². The number of anilines is 1. The van der Waals surface area contributed by atoms with Gasteiger partial charge in [0.15, 0.2) is 0 Å². The molecule has 1 N–H and O–H groups in total. The fourth-order valence-electron chi connectivity index (χ4n) is 1.45. The van der Waals surface area contributed by atoms with Crippen molar-refractivity contribution in [2.24, 2.45) is 0 Å². The lowest BCUT2D eigenvalue weighted by Crippen LogP contribution is -2.08. The molecular formula is C12H17NO2. The van der Waals surface area contributed by atoms with Gasteiger partial charge >= 0.3 is 0 Å². The summed E-state index contributed by atoms with van der Waals surface area (Å²) in [5.41, 5.74) is 1.95. The maximum atomic E-state index is 11.0. The molecule has 3 nitrogen and oxygen atoms in total. The van der Waals surface area contributed by atoms with Crippen LogP contribution in [0, 0.1) is 0 Å². The fourth-order valence-corrected chi connectivity index (χ4v) is 1.45. The van der Waals surface area contributed by atoms with Gasteiger partial charge in [-0.2, -0.15) is 0 Å². The van der Waals surface area contributed by atoms with Crippen LogP contribution in [0.15, 0.2) is 18.2 Å². The summed E-state index contributed by atoms with van der Waals surface area (Å²) >= 11 is 0. The second kappa shape index (κ2) is 4.82. The van der Waals surface area contributed by atoms with Gasteiger partial charge < -0.3 is 10.1 Å². The number of carbonyl (C=O) groups is 1. The van der Waals surface area contributed by atoms with Gasteiger partial charge in [-0.3, -0.25) is 4.79 Å². The monoisotopic (exact) mass is 207 g/mol. The van der Waals surface area contributed by atoms with Gasteiger partial charge in [0.05, 0.1) is 7.11 Å². The summed E-state index contributed by atoms with van der Waals surface area (Å²) in [4.78, 5) is 11.0. The molecule has 0 aliphatic carbocycles. The minimum Gasteiger partial charge on any atom is -0.497 e. The number of hydrogen-bond donors (Lipinski definition) is 1. The summed E-state index contributed by atoms with van der Waals surface area (Å²) in [6, 6.07) is 5.67. The largest absolute Gasteiger partial charge is 0.497 e. The first kappa shape index (κ1) is 11.6. The number of carbonyl (C=O) groups excluding carboxylic acids is 1. The first-order chi connectivity index (χ1) is 7.04. The Balaban J connectivity index is 3.09. The van der Waals surface area contributed by atoms with Crippen molar-refractivity contribution in [2.45, 2.75) is 26.7 Å². The first-order valence-electron chi connectivity index (χ1n) is 5.00. The lowest BCUT2D eigenvalue weighted by atomic mass is 10.0. The van der Waals surface area contributed by atoms with E-state index in [0.29, 0.717) is 5.92 Å². The van der Waals surface area contributed by atoms with Crippen LogP contribution in [0.5, 0.6) is 5.75 Å². The molecule has 0 saturated carbocycles. The lowest BCUT2D eigenvalue weighted by Gasteiger charge is -2.14. The average molecular weight is 207 g/mol. The van der Waals surface area contributed by atoms with E-state index in [-0.39, 0.29) is 5.91 Å². The number of amides is 1. The van der Waals surface area contributed by atoms with E-state index >= 15 is 0 Å². The average Bonchev–Trinajstić information content (AvgIpc) is 2.17. The summed E-state index contributed by atoms with van der Waals surface area (Å²) < 4.78 is 5.15. The molecule has 1 amide bonds. The van der Waals surface area contributed by atoms with Gasteiger partial charge in [-0.05, 0) is 29.7 Å². The third kappa shape index (κ3) is 2.98. The number of hydrogen-bond acceptors (Lipinski definition) is 2. The number of ether oxygens (including phenoxy) is 1. The quantitative estimate of drug-likeness (QED) is 0.827. The van der Waals surface area contributed by atoms with Crippen molar-refractivity contribution >= 4 is 11.6 Å². The maximum absolute atomic E-state index is 11.0. The van der Waals surface area contributed by atoms with Gasteiger partial charge in [-0.15, -0.1) is 0 Å². The van der Waals surface area contributed by atoms with Crippen LogP contribution in [0.1, 0.15) is 32.3 Å². The topological polar surface area (TPSA) is 38.3 Å². The minimum absolute atomic E-state index is 0.0536. The highest BCUT2D eigenvalue weighted by Gasteiger charge is 2.08. The smallest absolute Gasteiger partial charge is 0.221 e. The SMILES string of the molecule is COc1ccc(NC(C)=O)c(C(C)C)c1. The van der Waals surface area contributed by atoms with Crippen molar-refractivity contribution in [1.82, 2.24) is 0 Å². The number of nitrogens with one attached hydrogen (secondary N) is 1. The van der Waals surface area contributed by atoms with Crippen molar-refractivity contribution in [3.63, 3.8) is 0 Å². The fraction of sp³-hybridized carbons (Fsp3) is 0.417. The predicted octanol–water partition coefficient (Wildman–Crippen LogP) is 2.78. The standard InChI is InChI=1S/C12H17NO2/c1-8(2)11-7-10(15-4)5-6-12(11)13-9(3)14/h5-8H,1-4H3,(H,13,14). The molecule has 0 unspecified atom stereocenters. The Morgan fingerprint density at radius 1 is 1.40 bits per heavy atom. The summed E-state index contributed by atoms with van der Waals surface area (Å²) in [7, 11) is 1.64. The van der Waals surface area contributed by atoms with Crippen LogP contribution in [0.2, 0.25) is 0 Å². The molecule has 0 aliphatic heterocycles. The van der Waals surface area contributed by atoms with Crippen molar-refractivity contribution in [2.75, 3.05) is 12.4 Å². The van der Waals surface area contributed by atoms with Gasteiger partial charge in [0.1, 0.15) is 5.75 Å². The summed E-state index contributed by atoms with van der Waals surface area (Å²) in [6.45, 7) is 5.68. The van der Waals surface area contributed by atoms with Gasteiger partial charge in [0.25, 0.3) is 0 Å². The summed E-state index contributed by atoms with van der Waals surface area (Å²) in [6.07, 6.45) is 0. The van der Waals surface area contributed by atoms with E-state index in [9.17, 15) is 4.79 Å². The van der Waals surface area contributed by atoms with Crippen LogP contribution in [-0.2, 0) is 4.79 Å². The Morgan fingerprint density at radius 2 is 2.07 bits per heavy atom. The molecule has 0 radical (unpaired) electrons. The zero-order valence-corrected chi connectivity index (χ0v) is 9.63. The Hall–Kier alpha value is -1.51. The molecule has 3 heteroatoms. The molecular weight excluding hydrogens is 190 g/mol. The maximum Gasteiger partial charge on any atom is 0.221 e. The Morgan fingerprint density at radius 3 is 2.53 bits per heavy atom. The summed E-state index contributed by atoms with van der Waals surface area (Å²) in [5.74, 6) is 1.11. The lowest BCUT2D eigenvalue weighted by molar-refractivity contribution is -0.114. The zero-order chi connectivity index (χ0) is 11.4. The normalized spacial score (nSPS) is 10.2. The molecule has 1 aromatic carbocycles. The highest BCUT2D eigenvalue weighted by molar-refractivity contribution is 5.89. The molecule has 15 heavy (non-hydrogen) atoms. The van der Waals surface area contributed by atoms with Crippen molar-refractivity contribution in [1.29, 1.82) is 0 Å². The molecule has 1 rings (SSSR count). The molecule has 0 bridgehead atoms. The third-order valence-electron chi connectivity index (χ3n) is 2.19. The van der Waals surface area contributed by atoms with E-state index < -0.39 is 0 Å². The van der Waals surface area contributed by atoms with Crippen LogP contribution in [0.25, 0.3) is 0 Å². The number of methoxy groups -OCH3 is 1. The Bertz CT molecular complexity index is 359. The highest BCUT2D eigenvalue weighted by Crippen LogP contribution is 2.28. The molecule has 0 atom stereocenters. The van der Waals surface area contributed by atoms with E-state index in [0.717, 1.165) is 17.0 Å². The van der Waals surface area contributed by atoms with Crippen LogP contribution in [0.4, 0.5) is 5.69 Å². The molecule has 0 spiro atoms. The minimum atomic E-state index is -0.0536. The molecule has 0 aliphatic rings. The van der Waals surface area contributed by atoms with Crippen LogP contribution in [-0.4, -0.2) is 13.0 Å². The van der Waals surface area contributed by atoms with Crippen LogP contribution >= 0.6 is 0 Å². The van der Waals surface area contributed by atoms with Gasteiger partial charge in [-0.1, -0.05) is 13.8 Å². The van der Waals surface area contributed by atoms with Gasteiger partial charge in [0.2, 0.25) is 5.91 Å². The van der Waals surface area contributed by atoms with Crippen molar-refractivity contribution < 1.29 is 9.53 Å². The Labute approximate surface area is 90.4 Å². The molecule has 82 valence electrons. The van der Waals surface area contributed by atoms with Gasteiger partial charge in [0, 0.05) is 12.6 Å². The van der Waals surface area contributed by atoms with Crippen LogP contribution in [0.3, 0.4) is 0 Å². The highest BCUT2D eigenvalue weighted by atomic mass is 16.5. The predicted molar refractivity (Wildman–Crippen MR) is 61.4 cm³/mol. The molecule has 0 fully saturated rings. The van der Waals surface area contributed by atoms with Crippen LogP contribution < -0.4 is 10.1 Å².